The first-order valence-corrected chi connectivity index (χ1v) is 9.31. The van der Waals surface area contributed by atoms with E-state index in [4.69, 9.17) is 0 Å². The molecule has 0 bridgehead atoms. The topological polar surface area (TPSA) is 87.3 Å². The third kappa shape index (κ3) is 5.18. The van der Waals surface area contributed by atoms with Crippen LogP contribution in [0.2, 0.25) is 0 Å². The summed E-state index contributed by atoms with van der Waals surface area (Å²) in [5.74, 6) is 0.131. The van der Waals surface area contributed by atoms with Crippen LogP contribution in [0.4, 0.5) is 0 Å². The summed E-state index contributed by atoms with van der Waals surface area (Å²) in [6, 6.07) is 7.11. The Balaban J connectivity index is 1.85. The second kappa shape index (κ2) is 8.26. The number of thioether (sulfide) groups is 2. The van der Waals surface area contributed by atoms with Crippen LogP contribution in [-0.4, -0.2) is 35.3 Å². The smallest absolute Gasteiger partial charge is 0.327 e. The Bertz CT molecular complexity index is 584. The first-order chi connectivity index (χ1) is 11.0. The number of carbonyl (C=O) groups excluding carboxylic acids is 3. The second-order valence-electron chi connectivity index (χ2n) is 5.23. The predicted octanol–water partition coefficient (Wildman–Crippen LogP) is 1.45. The number of nitrogens with one attached hydrogen (secondary N) is 3. The van der Waals surface area contributed by atoms with E-state index < -0.39 is 17.7 Å². The predicted molar refractivity (Wildman–Crippen MR) is 93.0 cm³/mol. The molecule has 8 heteroatoms. The van der Waals surface area contributed by atoms with Crippen LogP contribution in [0, 0.1) is 0 Å². The van der Waals surface area contributed by atoms with Crippen molar-refractivity contribution in [2.45, 2.75) is 24.5 Å². The van der Waals surface area contributed by atoms with Crippen molar-refractivity contribution < 1.29 is 14.4 Å². The maximum atomic E-state index is 12.0. The molecule has 0 radical (unpaired) electrons. The molecule has 3 amide bonds. The monoisotopic (exact) mass is 353 g/mol. The van der Waals surface area contributed by atoms with Crippen molar-refractivity contribution in [1.82, 2.24) is 16.2 Å². The van der Waals surface area contributed by atoms with E-state index in [2.05, 4.69) is 16.2 Å². The lowest BCUT2D eigenvalue weighted by Crippen LogP contribution is -2.49. The van der Waals surface area contributed by atoms with Gasteiger partial charge in [-0.1, -0.05) is 12.1 Å². The van der Waals surface area contributed by atoms with Crippen LogP contribution in [0.5, 0.6) is 0 Å². The van der Waals surface area contributed by atoms with Crippen LogP contribution < -0.4 is 16.2 Å². The lowest BCUT2D eigenvalue weighted by molar-refractivity contribution is -0.139. The van der Waals surface area contributed by atoms with Gasteiger partial charge in [0.15, 0.2) is 0 Å². The number of benzene rings is 1. The van der Waals surface area contributed by atoms with Gasteiger partial charge in [0.05, 0.1) is 4.58 Å². The van der Waals surface area contributed by atoms with Crippen LogP contribution in [0.1, 0.15) is 34.4 Å². The third-order valence-corrected chi connectivity index (χ3v) is 6.09. The van der Waals surface area contributed by atoms with Gasteiger partial charge in [0, 0.05) is 23.1 Å². The van der Waals surface area contributed by atoms with Crippen LogP contribution >= 0.6 is 23.5 Å². The Hall–Kier alpha value is -1.67. The van der Waals surface area contributed by atoms with Gasteiger partial charge in [-0.3, -0.25) is 25.2 Å². The molecule has 0 saturated carbocycles. The number of amides is 3. The fourth-order valence-electron chi connectivity index (χ4n) is 1.91. The highest BCUT2D eigenvalue weighted by Crippen LogP contribution is 2.45. The van der Waals surface area contributed by atoms with Gasteiger partial charge < -0.3 is 5.32 Å². The molecule has 3 N–H and O–H groups in total. The fraction of sp³-hybridized carbons (Fsp3) is 0.400. The summed E-state index contributed by atoms with van der Waals surface area (Å²) in [7, 11) is 0. The molecule has 0 spiro atoms. The lowest BCUT2D eigenvalue weighted by atomic mass is 10.1. The molecule has 1 fully saturated rings. The van der Waals surface area contributed by atoms with E-state index in [9.17, 15) is 14.4 Å². The van der Waals surface area contributed by atoms with Gasteiger partial charge in [-0.15, -0.1) is 23.5 Å². The third-order valence-electron chi connectivity index (χ3n) is 2.98. The second-order valence-corrected chi connectivity index (χ2v) is 7.96. The highest BCUT2D eigenvalue weighted by atomic mass is 32.2. The van der Waals surface area contributed by atoms with Crippen molar-refractivity contribution in [1.29, 1.82) is 0 Å². The Kier molecular flexibility index (Phi) is 6.35. The van der Waals surface area contributed by atoms with Gasteiger partial charge in [0.1, 0.15) is 0 Å². The Morgan fingerprint density at radius 1 is 1.00 bits per heavy atom. The Morgan fingerprint density at radius 2 is 1.61 bits per heavy atom. The summed E-state index contributed by atoms with van der Waals surface area (Å²) in [5.41, 5.74) is 5.93. The molecule has 1 aromatic carbocycles. The van der Waals surface area contributed by atoms with Crippen LogP contribution in [0.3, 0.4) is 0 Å². The summed E-state index contributed by atoms with van der Waals surface area (Å²) in [6.07, 6.45) is 0. The molecule has 23 heavy (non-hydrogen) atoms. The Labute approximate surface area is 143 Å². The number of rotatable bonds is 3. The van der Waals surface area contributed by atoms with E-state index in [1.165, 1.54) is 5.56 Å². The Morgan fingerprint density at radius 3 is 2.17 bits per heavy atom. The highest BCUT2D eigenvalue weighted by Gasteiger charge is 2.19. The largest absolute Gasteiger partial charge is 0.346 e. The molecule has 1 saturated heterocycles. The molecule has 0 aliphatic carbocycles. The van der Waals surface area contributed by atoms with Crippen molar-refractivity contribution in [3.05, 3.63) is 35.4 Å². The molecule has 0 unspecified atom stereocenters. The van der Waals surface area contributed by atoms with Crippen molar-refractivity contribution in [3.63, 3.8) is 0 Å². The molecular weight excluding hydrogens is 334 g/mol. The van der Waals surface area contributed by atoms with Gasteiger partial charge in [0.2, 0.25) is 0 Å². The number of hydrazine groups is 1. The number of carbonyl (C=O) groups is 3. The molecular formula is C15H19N3O3S2. The van der Waals surface area contributed by atoms with Gasteiger partial charge in [-0.25, -0.2) is 0 Å². The van der Waals surface area contributed by atoms with E-state index in [1.54, 1.807) is 26.0 Å². The zero-order chi connectivity index (χ0) is 16.8. The normalized spacial score (nSPS) is 14.6. The molecule has 0 aromatic heterocycles. The zero-order valence-corrected chi connectivity index (χ0v) is 14.6. The average molecular weight is 353 g/mol. The van der Waals surface area contributed by atoms with Gasteiger partial charge >= 0.3 is 11.8 Å². The van der Waals surface area contributed by atoms with E-state index in [-0.39, 0.29) is 6.04 Å². The van der Waals surface area contributed by atoms with Gasteiger partial charge in [-0.05, 0) is 31.5 Å². The summed E-state index contributed by atoms with van der Waals surface area (Å²) in [6.45, 7) is 3.48. The van der Waals surface area contributed by atoms with Crippen LogP contribution in [0.25, 0.3) is 0 Å². The zero-order valence-electron chi connectivity index (χ0n) is 12.9. The molecule has 0 atom stereocenters. The van der Waals surface area contributed by atoms with E-state index in [0.29, 0.717) is 10.1 Å². The van der Waals surface area contributed by atoms with E-state index in [1.807, 2.05) is 35.7 Å². The minimum atomic E-state index is -0.901. The molecule has 6 nitrogen and oxygen atoms in total. The molecule has 1 aliphatic heterocycles. The standard InChI is InChI=1S/C15H19N3O3S2/c1-9(2)16-13(20)14(21)18-17-12(19)10-3-5-11(6-4-10)15-22-7-8-23-15/h3-6,9,15H,7-8H2,1-2H3,(H,16,20)(H,17,19)(H,18,21). The quantitative estimate of drug-likeness (QED) is 0.566. The first-order valence-electron chi connectivity index (χ1n) is 7.21. The summed E-state index contributed by atoms with van der Waals surface area (Å²) >= 11 is 3.79. The van der Waals surface area contributed by atoms with Crippen LogP contribution in [0.15, 0.2) is 24.3 Å². The fourth-order valence-corrected chi connectivity index (χ4v) is 4.77. The molecule has 1 aliphatic rings. The maximum absolute atomic E-state index is 12.0. The molecule has 2 rings (SSSR count). The minimum absolute atomic E-state index is 0.150. The van der Waals surface area contributed by atoms with Crippen molar-refractivity contribution in [2.24, 2.45) is 0 Å². The highest BCUT2D eigenvalue weighted by molar-refractivity contribution is 8.19. The van der Waals surface area contributed by atoms with Crippen molar-refractivity contribution in [3.8, 4) is 0 Å². The van der Waals surface area contributed by atoms with Gasteiger partial charge in [-0.2, -0.15) is 0 Å². The summed E-state index contributed by atoms with van der Waals surface area (Å²) in [5, 5.41) is 2.44. The van der Waals surface area contributed by atoms with Gasteiger partial charge in [0.25, 0.3) is 5.91 Å². The van der Waals surface area contributed by atoms with E-state index >= 15 is 0 Å². The molecule has 1 aromatic rings. The molecule has 1 heterocycles. The van der Waals surface area contributed by atoms with Crippen molar-refractivity contribution in [2.75, 3.05) is 11.5 Å². The number of hydrogen-bond acceptors (Lipinski definition) is 5. The lowest BCUT2D eigenvalue weighted by Gasteiger charge is -2.11. The summed E-state index contributed by atoms with van der Waals surface area (Å²) in [4.78, 5) is 34.9. The van der Waals surface area contributed by atoms with Crippen LogP contribution in [-0.2, 0) is 9.59 Å². The van der Waals surface area contributed by atoms with E-state index in [0.717, 1.165) is 11.5 Å². The summed E-state index contributed by atoms with van der Waals surface area (Å²) < 4.78 is 0.423. The van der Waals surface area contributed by atoms with Crippen molar-refractivity contribution >= 4 is 41.2 Å². The SMILES string of the molecule is CC(C)NC(=O)C(=O)NNC(=O)c1ccc(C2SCCS2)cc1. The average Bonchev–Trinajstić information content (AvgIpc) is 3.06. The number of hydrogen-bond donors (Lipinski definition) is 3. The minimum Gasteiger partial charge on any atom is -0.346 e. The molecule has 124 valence electrons. The first kappa shape index (κ1) is 17.7. The maximum Gasteiger partial charge on any atom is 0.327 e.